The molecule has 1 N–H and O–H groups in total. The topological polar surface area (TPSA) is 34.4 Å². The minimum absolute atomic E-state index is 0.252. The first-order valence-electron chi connectivity index (χ1n) is 7.11. The van der Waals surface area contributed by atoms with Crippen LogP contribution in [0.15, 0.2) is 34.7 Å². The smallest absolute Gasteiger partial charge is 0.134 e. The number of ether oxygens (including phenoxy) is 1. The van der Waals surface area contributed by atoms with Crippen LogP contribution in [0.3, 0.4) is 0 Å². The van der Waals surface area contributed by atoms with E-state index in [2.05, 4.69) is 31.3 Å². The van der Waals surface area contributed by atoms with E-state index < -0.39 is 0 Å². The third kappa shape index (κ3) is 2.53. The van der Waals surface area contributed by atoms with Crippen LogP contribution in [0, 0.1) is 5.92 Å². The molecule has 0 spiro atoms. The maximum absolute atomic E-state index is 6.01. The number of rotatable bonds is 4. The van der Waals surface area contributed by atoms with Crippen molar-refractivity contribution in [3.8, 4) is 0 Å². The fraction of sp³-hybridized carbons (Fsp3) is 0.500. The second-order valence-electron chi connectivity index (χ2n) is 5.36. The lowest BCUT2D eigenvalue weighted by Crippen LogP contribution is -2.28. The van der Waals surface area contributed by atoms with E-state index >= 15 is 0 Å². The van der Waals surface area contributed by atoms with Crippen LogP contribution in [0.1, 0.15) is 32.1 Å². The van der Waals surface area contributed by atoms with Gasteiger partial charge in [0.1, 0.15) is 11.3 Å². The molecule has 102 valence electrons. The summed E-state index contributed by atoms with van der Waals surface area (Å²) in [5.41, 5.74) is 0.965. The molecule has 3 nitrogen and oxygen atoms in total. The van der Waals surface area contributed by atoms with Crippen molar-refractivity contribution in [2.45, 2.75) is 32.4 Å². The summed E-state index contributed by atoms with van der Waals surface area (Å²) in [7, 11) is 0. The van der Waals surface area contributed by atoms with Crippen LogP contribution >= 0.6 is 0 Å². The van der Waals surface area contributed by atoms with Gasteiger partial charge in [0.15, 0.2) is 0 Å². The Hall–Kier alpha value is -1.32. The number of fused-ring (bicyclic) bond motifs is 1. The Morgan fingerprint density at radius 3 is 2.89 bits per heavy atom. The highest BCUT2D eigenvalue weighted by atomic mass is 16.5. The molecule has 1 saturated heterocycles. The van der Waals surface area contributed by atoms with Gasteiger partial charge in [0.2, 0.25) is 0 Å². The Morgan fingerprint density at radius 1 is 1.37 bits per heavy atom. The standard InChI is InChI=1S/C16H21NO2/c1-3-17-16(13-8-11(2)18-10-13)15-9-12-6-4-5-7-14(12)19-15/h4-7,9,11,13,16-17H,3,8,10H2,1-2H3. The van der Waals surface area contributed by atoms with Crippen molar-refractivity contribution in [2.75, 3.05) is 13.2 Å². The van der Waals surface area contributed by atoms with E-state index in [1.54, 1.807) is 0 Å². The van der Waals surface area contributed by atoms with Crippen molar-refractivity contribution in [1.82, 2.24) is 5.32 Å². The van der Waals surface area contributed by atoms with Gasteiger partial charge in [-0.25, -0.2) is 0 Å². The van der Waals surface area contributed by atoms with Gasteiger partial charge in [-0.3, -0.25) is 0 Å². The molecule has 0 aliphatic carbocycles. The van der Waals surface area contributed by atoms with E-state index in [-0.39, 0.29) is 6.04 Å². The first kappa shape index (κ1) is 12.7. The van der Waals surface area contributed by atoms with Gasteiger partial charge in [0, 0.05) is 11.3 Å². The first-order chi connectivity index (χ1) is 9.28. The van der Waals surface area contributed by atoms with Crippen molar-refractivity contribution < 1.29 is 9.15 Å². The van der Waals surface area contributed by atoms with Crippen molar-refractivity contribution in [2.24, 2.45) is 5.92 Å². The molecule has 2 heterocycles. The van der Waals surface area contributed by atoms with Crippen molar-refractivity contribution in [3.05, 3.63) is 36.1 Å². The minimum atomic E-state index is 0.252. The number of hydrogen-bond acceptors (Lipinski definition) is 3. The van der Waals surface area contributed by atoms with E-state index in [1.807, 2.05) is 18.2 Å². The van der Waals surface area contributed by atoms with Crippen LogP contribution in [0.5, 0.6) is 0 Å². The van der Waals surface area contributed by atoms with E-state index in [9.17, 15) is 0 Å². The second-order valence-corrected chi connectivity index (χ2v) is 5.36. The second kappa shape index (κ2) is 5.35. The average molecular weight is 259 g/mol. The number of nitrogens with one attached hydrogen (secondary N) is 1. The summed E-state index contributed by atoms with van der Waals surface area (Å²) in [5, 5.41) is 4.72. The van der Waals surface area contributed by atoms with Gasteiger partial charge in [0.25, 0.3) is 0 Å². The normalized spacial score (nSPS) is 24.9. The molecule has 0 saturated carbocycles. The third-order valence-corrected chi connectivity index (χ3v) is 3.88. The zero-order valence-corrected chi connectivity index (χ0v) is 11.6. The first-order valence-corrected chi connectivity index (χ1v) is 7.11. The van der Waals surface area contributed by atoms with Gasteiger partial charge in [-0.2, -0.15) is 0 Å². The monoisotopic (exact) mass is 259 g/mol. The summed E-state index contributed by atoms with van der Waals surface area (Å²) in [6.45, 7) is 6.03. The highest BCUT2D eigenvalue weighted by molar-refractivity contribution is 5.77. The summed E-state index contributed by atoms with van der Waals surface area (Å²) in [6, 6.07) is 10.6. The summed E-state index contributed by atoms with van der Waals surface area (Å²) in [5.74, 6) is 1.53. The predicted octanol–water partition coefficient (Wildman–Crippen LogP) is 3.51. The number of benzene rings is 1. The molecule has 3 atom stereocenters. The molecule has 2 aromatic rings. The van der Waals surface area contributed by atoms with Crippen molar-refractivity contribution in [3.63, 3.8) is 0 Å². The van der Waals surface area contributed by atoms with Gasteiger partial charge < -0.3 is 14.5 Å². The molecule has 1 aromatic carbocycles. The SMILES string of the molecule is CCNC(c1cc2ccccc2o1)C1COC(C)C1. The van der Waals surface area contributed by atoms with Crippen LogP contribution < -0.4 is 5.32 Å². The molecule has 3 rings (SSSR count). The molecule has 0 amide bonds. The molecule has 1 aliphatic rings. The predicted molar refractivity (Wildman–Crippen MR) is 76.2 cm³/mol. The maximum atomic E-state index is 6.01. The average Bonchev–Trinajstić information content (AvgIpc) is 3.01. The molecule has 1 fully saturated rings. The molecular formula is C16H21NO2. The maximum Gasteiger partial charge on any atom is 0.134 e. The van der Waals surface area contributed by atoms with Crippen molar-refractivity contribution in [1.29, 1.82) is 0 Å². The van der Waals surface area contributed by atoms with Gasteiger partial charge in [-0.15, -0.1) is 0 Å². The quantitative estimate of drug-likeness (QED) is 0.912. The molecule has 1 aliphatic heterocycles. The van der Waals surface area contributed by atoms with Gasteiger partial charge in [0.05, 0.1) is 18.8 Å². The molecular weight excluding hydrogens is 238 g/mol. The Kier molecular flexibility index (Phi) is 3.58. The fourth-order valence-electron chi connectivity index (χ4n) is 2.96. The highest BCUT2D eigenvalue weighted by Crippen LogP contribution is 2.34. The van der Waals surface area contributed by atoms with Crippen LogP contribution in [-0.4, -0.2) is 19.3 Å². The molecule has 0 bridgehead atoms. The third-order valence-electron chi connectivity index (χ3n) is 3.88. The summed E-state index contributed by atoms with van der Waals surface area (Å²) < 4.78 is 11.7. The number of hydrogen-bond donors (Lipinski definition) is 1. The van der Waals surface area contributed by atoms with Gasteiger partial charge >= 0.3 is 0 Å². The largest absolute Gasteiger partial charge is 0.459 e. The zero-order chi connectivity index (χ0) is 13.2. The zero-order valence-electron chi connectivity index (χ0n) is 11.6. The number of furan rings is 1. The Morgan fingerprint density at radius 2 is 2.21 bits per heavy atom. The lowest BCUT2D eigenvalue weighted by molar-refractivity contribution is 0.116. The number of para-hydroxylation sites is 1. The van der Waals surface area contributed by atoms with E-state index in [0.29, 0.717) is 12.0 Å². The Bertz CT molecular complexity index is 515. The summed E-state index contributed by atoms with van der Waals surface area (Å²) >= 11 is 0. The molecule has 0 radical (unpaired) electrons. The molecule has 1 aromatic heterocycles. The van der Waals surface area contributed by atoms with Gasteiger partial charge in [-0.05, 0) is 32.0 Å². The van der Waals surface area contributed by atoms with E-state index in [1.165, 1.54) is 5.39 Å². The van der Waals surface area contributed by atoms with E-state index in [0.717, 1.165) is 30.9 Å². The Balaban J connectivity index is 1.90. The summed E-state index contributed by atoms with van der Waals surface area (Å²) in [6.07, 6.45) is 1.45. The minimum Gasteiger partial charge on any atom is -0.459 e. The Labute approximate surface area is 113 Å². The van der Waals surface area contributed by atoms with Crippen molar-refractivity contribution >= 4 is 11.0 Å². The lowest BCUT2D eigenvalue weighted by Gasteiger charge is -2.21. The van der Waals surface area contributed by atoms with Gasteiger partial charge in [-0.1, -0.05) is 25.1 Å². The molecule has 19 heavy (non-hydrogen) atoms. The molecule has 3 unspecified atom stereocenters. The lowest BCUT2D eigenvalue weighted by atomic mass is 9.95. The van der Waals surface area contributed by atoms with E-state index in [4.69, 9.17) is 9.15 Å². The molecule has 3 heteroatoms. The summed E-state index contributed by atoms with van der Waals surface area (Å²) in [4.78, 5) is 0. The van der Waals surface area contributed by atoms with Crippen LogP contribution in [0.2, 0.25) is 0 Å². The fourth-order valence-corrected chi connectivity index (χ4v) is 2.96. The highest BCUT2D eigenvalue weighted by Gasteiger charge is 2.32. The van der Waals surface area contributed by atoms with Crippen LogP contribution in [0.4, 0.5) is 0 Å². The van der Waals surface area contributed by atoms with Crippen LogP contribution in [0.25, 0.3) is 11.0 Å². The van der Waals surface area contributed by atoms with Crippen LogP contribution in [-0.2, 0) is 4.74 Å².